The number of para-hydroxylation sites is 1. The van der Waals surface area contributed by atoms with Crippen molar-refractivity contribution in [2.45, 2.75) is 41.5 Å². The molecule has 1 heterocycles. The minimum Gasteiger partial charge on any atom is -0.362 e. The highest BCUT2D eigenvalue weighted by atomic mass is 14.7. The average molecular weight is 365 g/mol. The number of benzene rings is 3. The standard InChI is InChI=1S/C26H28BN/c1-16-12-18(3)24(19(4)13-16)27(25-20(5)14-17(2)15-21(25)6)23-9-7-8-22-10-11-28-26(22)23/h7-15,28H,1-6H3. The maximum absolute atomic E-state index is 3.51. The number of aryl methyl sites for hydroxylation is 6. The number of aromatic nitrogens is 1. The zero-order valence-electron chi connectivity index (χ0n) is 17.8. The van der Waals surface area contributed by atoms with Crippen molar-refractivity contribution in [3.8, 4) is 0 Å². The van der Waals surface area contributed by atoms with Crippen LogP contribution in [-0.4, -0.2) is 11.7 Å². The molecule has 0 radical (unpaired) electrons. The Hall–Kier alpha value is -2.74. The van der Waals surface area contributed by atoms with Crippen LogP contribution < -0.4 is 16.4 Å². The number of rotatable bonds is 3. The Bertz CT molecular complexity index is 1080. The largest absolute Gasteiger partial charge is 0.362 e. The van der Waals surface area contributed by atoms with E-state index in [0.717, 1.165) is 0 Å². The Labute approximate surface area is 168 Å². The molecular formula is C26H28BN. The first-order valence-electron chi connectivity index (χ1n) is 10.1. The molecule has 0 amide bonds. The number of nitrogens with one attached hydrogen (secondary N) is 1. The lowest BCUT2D eigenvalue weighted by atomic mass is 9.34. The van der Waals surface area contributed by atoms with Crippen LogP contribution in [0.1, 0.15) is 33.4 Å². The van der Waals surface area contributed by atoms with Gasteiger partial charge < -0.3 is 4.98 Å². The van der Waals surface area contributed by atoms with Gasteiger partial charge in [0, 0.05) is 11.7 Å². The maximum atomic E-state index is 3.51. The molecule has 2 heteroatoms. The van der Waals surface area contributed by atoms with Crippen LogP contribution in [0.15, 0.2) is 54.7 Å². The van der Waals surface area contributed by atoms with Gasteiger partial charge in [-0.1, -0.05) is 86.8 Å². The van der Waals surface area contributed by atoms with Gasteiger partial charge in [0.05, 0.1) is 0 Å². The fraction of sp³-hybridized carbons (Fsp3) is 0.231. The van der Waals surface area contributed by atoms with E-state index < -0.39 is 0 Å². The molecular weight excluding hydrogens is 337 g/mol. The third kappa shape index (κ3) is 3.07. The molecule has 0 atom stereocenters. The second-order valence-electron chi connectivity index (χ2n) is 8.35. The summed E-state index contributed by atoms with van der Waals surface area (Å²) in [4.78, 5) is 3.51. The quantitative estimate of drug-likeness (QED) is 0.513. The number of hydrogen-bond acceptors (Lipinski definition) is 0. The minimum absolute atomic E-state index is 0.212. The van der Waals surface area contributed by atoms with Crippen molar-refractivity contribution in [1.82, 2.24) is 4.98 Å². The topological polar surface area (TPSA) is 15.8 Å². The summed E-state index contributed by atoms with van der Waals surface area (Å²) in [6.45, 7) is 13.6. The lowest BCUT2D eigenvalue weighted by molar-refractivity contribution is 1.34. The highest BCUT2D eigenvalue weighted by Gasteiger charge is 2.29. The predicted molar refractivity (Wildman–Crippen MR) is 124 cm³/mol. The molecule has 4 aromatic rings. The lowest BCUT2D eigenvalue weighted by Gasteiger charge is -2.25. The Balaban J connectivity index is 2.11. The molecule has 4 rings (SSSR count). The van der Waals surface area contributed by atoms with E-state index >= 15 is 0 Å². The molecule has 0 saturated heterocycles. The van der Waals surface area contributed by atoms with Crippen molar-refractivity contribution >= 4 is 34.0 Å². The molecule has 0 bridgehead atoms. The van der Waals surface area contributed by atoms with Crippen molar-refractivity contribution in [3.63, 3.8) is 0 Å². The van der Waals surface area contributed by atoms with Crippen LogP contribution in [0.2, 0.25) is 0 Å². The Morgan fingerprint density at radius 2 is 1.14 bits per heavy atom. The van der Waals surface area contributed by atoms with Crippen molar-refractivity contribution in [1.29, 1.82) is 0 Å². The molecule has 1 N–H and O–H groups in total. The van der Waals surface area contributed by atoms with Crippen LogP contribution in [0.5, 0.6) is 0 Å². The summed E-state index contributed by atoms with van der Waals surface area (Å²) < 4.78 is 0. The van der Waals surface area contributed by atoms with Gasteiger partial charge in [-0.05, 0) is 58.5 Å². The SMILES string of the molecule is Cc1cc(C)c(B(c2c(C)cc(C)cc2C)c2cccc3cc[nH]c23)c(C)c1. The fourth-order valence-corrected chi connectivity index (χ4v) is 5.10. The average Bonchev–Trinajstić information content (AvgIpc) is 3.07. The van der Waals surface area contributed by atoms with E-state index in [1.165, 1.54) is 60.7 Å². The van der Waals surface area contributed by atoms with E-state index in [1.807, 2.05) is 0 Å². The summed E-state index contributed by atoms with van der Waals surface area (Å²) in [5.74, 6) is 0. The molecule has 140 valence electrons. The minimum atomic E-state index is 0.212. The second-order valence-corrected chi connectivity index (χ2v) is 8.35. The first-order valence-corrected chi connectivity index (χ1v) is 10.1. The molecule has 0 aliphatic heterocycles. The van der Waals surface area contributed by atoms with Crippen LogP contribution in [0, 0.1) is 41.5 Å². The van der Waals surface area contributed by atoms with Crippen molar-refractivity contribution in [2.24, 2.45) is 0 Å². The summed E-state index contributed by atoms with van der Waals surface area (Å²) in [6.07, 6.45) is 2.05. The van der Waals surface area contributed by atoms with Gasteiger partial charge in [-0.25, -0.2) is 0 Å². The van der Waals surface area contributed by atoms with Gasteiger partial charge in [-0.15, -0.1) is 0 Å². The van der Waals surface area contributed by atoms with Gasteiger partial charge in [0.25, 0.3) is 0 Å². The highest BCUT2D eigenvalue weighted by Crippen LogP contribution is 2.16. The molecule has 0 fully saturated rings. The van der Waals surface area contributed by atoms with Gasteiger partial charge in [0.15, 0.2) is 0 Å². The van der Waals surface area contributed by atoms with Crippen molar-refractivity contribution in [3.05, 3.63) is 88.1 Å². The third-order valence-electron chi connectivity index (χ3n) is 5.98. The molecule has 1 nitrogen and oxygen atoms in total. The summed E-state index contributed by atoms with van der Waals surface area (Å²) >= 11 is 0. The molecule has 1 aromatic heterocycles. The summed E-state index contributed by atoms with van der Waals surface area (Å²) in [5.41, 5.74) is 13.6. The smallest absolute Gasteiger partial charge is 0.245 e. The third-order valence-corrected chi connectivity index (χ3v) is 5.98. The lowest BCUT2D eigenvalue weighted by Crippen LogP contribution is -2.56. The molecule has 3 aromatic carbocycles. The molecule has 0 aliphatic carbocycles. The number of H-pyrrole nitrogens is 1. The maximum Gasteiger partial charge on any atom is 0.245 e. The van der Waals surface area contributed by atoms with Crippen LogP contribution in [0.3, 0.4) is 0 Å². The first kappa shape index (κ1) is 18.6. The van der Waals surface area contributed by atoms with Crippen LogP contribution in [0.4, 0.5) is 0 Å². The molecule has 0 aliphatic rings. The zero-order chi connectivity index (χ0) is 20.0. The van der Waals surface area contributed by atoms with E-state index in [2.05, 4.69) is 101 Å². The highest BCUT2D eigenvalue weighted by molar-refractivity contribution is 6.97. The van der Waals surface area contributed by atoms with Crippen LogP contribution in [0.25, 0.3) is 10.9 Å². The fourth-order valence-electron chi connectivity index (χ4n) is 5.10. The Kier molecular flexibility index (Phi) is 4.67. The Morgan fingerprint density at radius 3 is 1.64 bits per heavy atom. The summed E-state index contributed by atoms with van der Waals surface area (Å²) in [7, 11) is 0. The molecule has 0 spiro atoms. The van der Waals surface area contributed by atoms with Gasteiger partial charge in [-0.2, -0.15) is 0 Å². The van der Waals surface area contributed by atoms with Gasteiger partial charge in [0.1, 0.15) is 0 Å². The van der Waals surface area contributed by atoms with Gasteiger partial charge in [0.2, 0.25) is 6.71 Å². The summed E-state index contributed by atoms with van der Waals surface area (Å²) in [5, 5.41) is 1.27. The van der Waals surface area contributed by atoms with Crippen LogP contribution in [-0.2, 0) is 0 Å². The number of fused-ring (bicyclic) bond motifs is 1. The summed E-state index contributed by atoms with van der Waals surface area (Å²) in [6, 6.07) is 18.1. The van der Waals surface area contributed by atoms with Crippen molar-refractivity contribution in [2.75, 3.05) is 0 Å². The molecule has 0 saturated carbocycles. The van der Waals surface area contributed by atoms with E-state index in [1.54, 1.807) is 0 Å². The number of aromatic amines is 1. The first-order chi connectivity index (χ1) is 13.4. The van der Waals surface area contributed by atoms with Gasteiger partial charge >= 0.3 is 0 Å². The van der Waals surface area contributed by atoms with Crippen molar-refractivity contribution < 1.29 is 0 Å². The normalized spacial score (nSPS) is 11.2. The monoisotopic (exact) mass is 365 g/mol. The van der Waals surface area contributed by atoms with E-state index in [9.17, 15) is 0 Å². The molecule has 28 heavy (non-hydrogen) atoms. The van der Waals surface area contributed by atoms with Crippen LogP contribution >= 0.6 is 0 Å². The predicted octanol–water partition coefficient (Wildman–Crippen LogP) is 4.53. The van der Waals surface area contributed by atoms with Gasteiger partial charge in [-0.3, -0.25) is 0 Å². The second kappa shape index (κ2) is 7.02. The van der Waals surface area contributed by atoms with E-state index in [4.69, 9.17) is 0 Å². The molecule has 0 unspecified atom stereocenters. The zero-order valence-corrected chi connectivity index (χ0v) is 17.8. The number of hydrogen-bond donors (Lipinski definition) is 1. The van der Waals surface area contributed by atoms with E-state index in [-0.39, 0.29) is 6.71 Å². The van der Waals surface area contributed by atoms with E-state index in [0.29, 0.717) is 0 Å². The Morgan fingerprint density at radius 1 is 0.643 bits per heavy atom.